The molecule has 0 atom stereocenters. The fourth-order valence-electron chi connectivity index (χ4n) is 4.01. The Morgan fingerprint density at radius 1 is 0.923 bits per heavy atom. The van der Waals surface area contributed by atoms with Gasteiger partial charge in [-0.25, -0.2) is 10.1 Å². The molecule has 0 spiro atoms. The maximum atomic E-state index is 10.1. The van der Waals surface area contributed by atoms with Crippen LogP contribution in [0.5, 0.6) is 0 Å². The first kappa shape index (κ1) is 8.21. The Hall–Kier alpha value is -0.120. The van der Waals surface area contributed by atoms with E-state index < -0.39 is 5.79 Å². The van der Waals surface area contributed by atoms with Crippen LogP contribution in [0.1, 0.15) is 32.1 Å². The van der Waals surface area contributed by atoms with Crippen molar-refractivity contribution in [1.82, 2.24) is 0 Å². The van der Waals surface area contributed by atoms with Crippen LogP contribution in [0.3, 0.4) is 0 Å². The summed E-state index contributed by atoms with van der Waals surface area (Å²) in [6.45, 7) is 0. The second-order valence-corrected chi connectivity index (χ2v) is 5.15. The highest BCUT2D eigenvalue weighted by Crippen LogP contribution is 2.58. The third-order valence-corrected chi connectivity index (χ3v) is 4.45. The lowest BCUT2D eigenvalue weighted by Gasteiger charge is -2.56. The van der Waals surface area contributed by atoms with Crippen LogP contribution in [-0.4, -0.2) is 16.2 Å². The van der Waals surface area contributed by atoms with Crippen molar-refractivity contribution in [2.24, 2.45) is 23.7 Å². The van der Waals surface area contributed by atoms with Crippen molar-refractivity contribution in [1.29, 1.82) is 0 Å². The van der Waals surface area contributed by atoms with Gasteiger partial charge in [0, 0.05) is 11.8 Å². The zero-order chi connectivity index (χ0) is 9.05. The van der Waals surface area contributed by atoms with Gasteiger partial charge in [-0.1, -0.05) is 0 Å². The standard InChI is InChI=1S/C10H16O3/c11-10(13-12)8-2-6-1-7(4-8)5-9(10)3-6/h6-9,11-12H,1-5H2. The molecule has 3 nitrogen and oxygen atoms in total. The number of hydrogen-bond acceptors (Lipinski definition) is 3. The Balaban J connectivity index is 1.93. The summed E-state index contributed by atoms with van der Waals surface area (Å²) >= 11 is 0. The first-order chi connectivity index (χ1) is 6.22. The summed E-state index contributed by atoms with van der Waals surface area (Å²) in [4.78, 5) is 4.37. The molecule has 0 saturated heterocycles. The van der Waals surface area contributed by atoms with Crippen molar-refractivity contribution in [2.45, 2.75) is 37.9 Å². The predicted octanol–water partition coefficient (Wildman–Crippen LogP) is 1.62. The second kappa shape index (κ2) is 2.47. The van der Waals surface area contributed by atoms with E-state index >= 15 is 0 Å². The highest BCUT2D eigenvalue weighted by atomic mass is 17.1. The summed E-state index contributed by atoms with van der Waals surface area (Å²) < 4.78 is 0. The van der Waals surface area contributed by atoms with Crippen LogP contribution < -0.4 is 0 Å². The average molecular weight is 184 g/mol. The average Bonchev–Trinajstić information content (AvgIpc) is 2.13. The van der Waals surface area contributed by atoms with Crippen molar-refractivity contribution in [3.8, 4) is 0 Å². The molecule has 3 heteroatoms. The molecule has 13 heavy (non-hydrogen) atoms. The van der Waals surface area contributed by atoms with Crippen LogP contribution in [0, 0.1) is 23.7 Å². The smallest absolute Gasteiger partial charge is 0.204 e. The fraction of sp³-hybridized carbons (Fsp3) is 1.00. The largest absolute Gasteiger partial charge is 0.363 e. The molecule has 0 unspecified atom stereocenters. The van der Waals surface area contributed by atoms with Crippen LogP contribution in [0.2, 0.25) is 0 Å². The predicted molar refractivity (Wildman–Crippen MR) is 45.7 cm³/mol. The van der Waals surface area contributed by atoms with Crippen molar-refractivity contribution in [2.75, 3.05) is 0 Å². The first-order valence-electron chi connectivity index (χ1n) is 5.27. The van der Waals surface area contributed by atoms with Crippen LogP contribution in [-0.2, 0) is 4.89 Å². The quantitative estimate of drug-likeness (QED) is 0.370. The molecule has 0 aromatic rings. The fourth-order valence-corrected chi connectivity index (χ4v) is 4.01. The molecule has 4 rings (SSSR count). The van der Waals surface area contributed by atoms with E-state index in [1.807, 2.05) is 0 Å². The first-order valence-corrected chi connectivity index (χ1v) is 5.27. The summed E-state index contributed by atoms with van der Waals surface area (Å²) in [7, 11) is 0. The zero-order valence-corrected chi connectivity index (χ0v) is 7.65. The third-order valence-electron chi connectivity index (χ3n) is 4.45. The summed E-state index contributed by atoms with van der Waals surface area (Å²) in [5, 5.41) is 18.9. The van der Waals surface area contributed by atoms with Gasteiger partial charge in [0.05, 0.1) is 0 Å². The molecule has 0 aromatic carbocycles. The maximum Gasteiger partial charge on any atom is 0.204 e. The molecule has 0 aromatic heterocycles. The molecule has 4 aliphatic rings. The zero-order valence-electron chi connectivity index (χ0n) is 7.65. The SMILES string of the molecule is OOC1(O)C2CC3CC(C2)CC1C3. The van der Waals surface area contributed by atoms with Crippen molar-refractivity contribution in [3.63, 3.8) is 0 Å². The van der Waals surface area contributed by atoms with Gasteiger partial charge in [-0.15, -0.1) is 0 Å². The van der Waals surface area contributed by atoms with Crippen molar-refractivity contribution >= 4 is 0 Å². The van der Waals surface area contributed by atoms with Gasteiger partial charge < -0.3 is 5.11 Å². The Morgan fingerprint density at radius 2 is 1.38 bits per heavy atom. The molecule has 4 bridgehead atoms. The lowest BCUT2D eigenvalue weighted by Crippen LogP contribution is -2.58. The topological polar surface area (TPSA) is 49.7 Å². The normalized spacial score (nSPS) is 58.6. The molecule has 4 saturated carbocycles. The van der Waals surface area contributed by atoms with E-state index in [1.165, 1.54) is 6.42 Å². The van der Waals surface area contributed by atoms with Crippen LogP contribution in [0.15, 0.2) is 0 Å². The minimum atomic E-state index is -1.20. The van der Waals surface area contributed by atoms with Gasteiger partial charge in [0.15, 0.2) is 0 Å². The summed E-state index contributed by atoms with van der Waals surface area (Å²) in [5.41, 5.74) is 0. The van der Waals surface area contributed by atoms with Gasteiger partial charge in [0.25, 0.3) is 0 Å². The van der Waals surface area contributed by atoms with Gasteiger partial charge in [-0.2, -0.15) is 0 Å². The van der Waals surface area contributed by atoms with Crippen LogP contribution in [0.25, 0.3) is 0 Å². The summed E-state index contributed by atoms with van der Waals surface area (Å²) in [6.07, 6.45) is 5.52. The van der Waals surface area contributed by atoms with Gasteiger partial charge in [0.1, 0.15) is 0 Å². The maximum absolute atomic E-state index is 10.1. The number of hydrogen-bond donors (Lipinski definition) is 2. The van der Waals surface area contributed by atoms with Crippen molar-refractivity contribution in [3.05, 3.63) is 0 Å². The molecule has 74 valence electrons. The number of aliphatic hydroxyl groups is 1. The molecular weight excluding hydrogens is 168 g/mol. The lowest BCUT2D eigenvalue weighted by molar-refractivity contribution is -0.447. The molecule has 0 aliphatic heterocycles. The highest BCUT2D eigenvalue weighted by molar-refractivity contribution is 5.02. The van der Waals surface area contributed by atoms with Crippen LogP contribution >= 0.6 is 0 Å². The minimum absolute atomic E-state index is 0.189. The Labute approximate surface area is 77.6 Å². The monoisotopic (exact) mass is 184 g/mol. The Bertz CT molecular complexity index is 198. The van der Waals surface area contributed by atoms with Gasteiger partial charge in [0.2, 0.25) is 5.79 Å². The molecule has 0 radical (unpaired) electrons. The molecule has 2 N–H and O–H groups in total. The molecule has 4 fully saturated rings. The van der Waals surface area contributed by atoms with E-state index in [0.717, 1.165) is 37.5 Å². The van der Waals surface area contributed by atoms with Crippen molar-refractivity contribution < 1.29 is 15.3 Å². The second-order valence-electron chi connectivity index (χ2n) is 5.15. The minimum Gasteiger partial charge on any atom is -0.363 e. The summed E-state index contributed by atoms with van der Waals surface area (Å²) in [6, 6.07) is 0. The van der Waals surface area contributed by atoms with E-state index in [-0.39, 0.29) is 11.8 Å². The lowest BCUT2D eigenvalue weighted by atomic mass is 9.53. The summed E-state index contributed by atoms with van der Waals surface area (Å²) in [5.74, 6) is 0.756. The van der Waals surface area contributed by atoms with E-state index in [9.17, 15) is 5.11 Å². The number of rotatable bonds is 1. The Morgan fingerprint density at radius 3 is 1.77 bits per heavy atom. The molecule has 0 amide bonds. The van der Waals surface area contributed by atoms with Gasteiger partial charge >= 0.3 is 0 Å². The molecule has 0 heterocycles. The molecular formula is C10H16O3. The van der Waals surface area contributed by atoms with E-state index in [0.29, 0.717) is 0 Å². The highest BCUT2D eigenvalue weighted by Gasteiger charge is 2.58. The van der Waals surface area contributed by atoms with E-state index in [2.05, 4.69) is 4.89 Å². The van der Waals surface area contributed by atoms with Gasteiger partial charge in [-0.05, 0) is 43.9 Å². The van der Waals surface area contributed by atoms with E-state index in [4.69, 9.17) is 5.26 Å². The van der Waals surface area contributed by atoms with Gasteiger partial charge in [-0.3, -0.25) is 0 Å². The molecule has 4 aliphatic carbocycles. The Kier molecular flexibility index (Phi) is 1.56. The van der Waals surface area contributed by atoms with E-state index in [1.54, 1.807) is 0 Å². The van der Waals surface area contributed by atoms with Crippen LogP contribution in [0.4, 0.5) is 0 Å². The third kappa shape index (κ3) is 0.953.